The summed E-state index contributed by atoms with van der Waals surface area (Å²) in [5, 5.41) is 11.5. The molecule has 2 aromatic heterocycles. The largest absolute Gasteiger partial charge is 0.378 e. The van der Waals surface area contributed by atoms with Gasteiger partial charge in [0.1, 0.15) is 0 Å². The van der Waals surface area contributed by atoms with E-state index in [1.807, 2.05) is 22.9 Å². The number of hydrogen-bond donors (Lipinski definition) is 1. The number of thiophene rings is 1. The highest BCUT2D eigenvalue weighted by atomic mass is 35.5. The molecule has 1 aromatic carbocycles. The van der Waals surface area contributed by atoms with Crippen LogP contribution in [0.1, 0.15) is 16.2 Å². The molecule has 1 N–H and O–H groups in total. The minimum absolute atomic E-state index is 0.0767. The van der Waals surface area contributed by atoms with Crippen molar-refractivity contribution in [3.05, 3.63) is 51.5 Å². The summed E-state index contributed by atoms with van der Waals surface area (Å²) < 4.78 is 10.5. The van der Waals surface area contributed by atoms with Gasteiger partial charge in [0.05, 0.1) is 30.3 Å². The maximum absolute atomic E-state index is 12.6. The number of ether oxygens (including phenoxy) is 1. The Bertz CT molecular complexity index is 923. The van der Waals surface area contributed by atoms with Gasteiger partial charge in [-0.05, 0) is 29.6 Å². The normalized spacial score (nSPS) is 14.3. The molecule has 0 spiro atoms. The van der Waals surface area contributed by atoms with E-state index < -0.39 is 0 Å². The molecule has 0 radical (unpaired) electrons. The number of morpholine rings is 1. The summed E-state index contributed by atoms with van der Waals surface area (Å²) in [5.74, 6) is 0.963. The summed E-state index contributed by atoms with van der Waals surface area (Å²) in [4.78, 5) is 18.7. The minimum atomic E-state index is -0.0767. The molecule has 0 saturated carbocycles. The van der Waals surface area contributed by atoms with Gasteiger partial charge < -0.3 is 19.5 Å². The van der Waals surface area contributed by atoms with Crippen LogP contribution in [0.5, 0.6) is 0 Å². The zero-order chi connectivity index (χ0) is 18.6. The van der Waals surface area contributed by atoms with Crippen molar-refractivity contribution in [1.82, 2.24) is 15.0 Å². The molecule has 7 nitrogen and oxygen atoms in total. The molecule has 27 heavy (non-hydrogen) atoms. The number of aromatic nitrogens is 2. The molecule has 0 aliphatic carbocycles. The fourth-order valence-electron chi connectivity index (χ4n) is 2.75. The molecule has 3 aromatic rings. The summed E-state index contributed by atoms with van der Waals surface area (Å²) >= 11 is 7.91. The van der Waals surface area contributed by atoms with Gasteiger partial charge in [-0.3, -0.25) is 4.79 Å². The molecule has 0 atom stereocenters. The van der Waals surface area contributed by atoms with Gasteiger partial charge in [0.15, 0.2) is 0 Å². The molecule has 1 aliphatic heterocycles. The number of carbonyl (C=O) groups is 1. The summed E-state index contributed by atoms with van der Waals surface area (Å²) in [6, 6.07) is 7.21. The third kappa shape index (κ3) is 4.13. The van der Waals surface area contributed by atoms with Crippen LogP contribution in [0.4, 0.5) is 5.69 Å². The van der Waals surface area contributed by atoms with Crippen molar-refractivity contribution in [3.63, 3.8) is 0 Å². The highest BCUT2D eigenvalue weighted by Crippen LogP contribution is 2.24. The van der Waals surface area contributed by atoms with Gasteiger partial charge in [0.2, 0.25) is 11.7 Å². The first-order valence-electron chi connectivity index (χ1n) is 8.46. The van der Waals surface area contributed by atoms with Crippen molar-refractivity contribution in [2.45, 2.75) is 6.54 Å². The molecular formula is C18H17ClN4O3S. The fraction of sp³-hybridized carbons (Fsp3) is 0.278. The Morgan fingerprint density at radius 2 is 2.15 bits per heavy atom. The number of benzene rings is 1. The molecule has 0 bridgehead atoms. The lowest BCUT2D eigenvalue weighted by atomic mass is 10.1. The average Bonchev–Trinajstić information content (AvgIpc) is 3.38. The second-order valence-electron chi connectivity index (χ2n) is 5.98. The lowest BCUT2D eigenvalue weighted by Crippen LogP contribution is -2.40. The molecule has 1 fully saturated rings. The first-order valence-corrected chi connectivity index (χ1v) is 9.78. The molecule has 1 saturated heterocycles. The van der Waals surface area contributed by atoms with Gasteiger partial charge in [0.25, 0.3) is 5.91 Å². The van der Waals surface area contributed by atoms with Gasteiger partial charge in [-0.1, -0.05) is 16.8 Å². The van der Waals surface area contributed by atoms with Gasteiger partial charge in [-0.15, -0.1) is 0 Å². The Morgan fingerprint density at radius 1 is 1.30 bits per heavy atom. The average molecular weight is 405 g/mol. The van der Waals surface area contributed by atoms with Crippen LogP contribution in [0.25, 0.3) is 11.4 Å². The maximum atomic E-state index is 12.6. The van der Waals surface area contributed by atoms with Crippen LogP contribution in [0, 0.1) is 0 Å². The molecule has 140 valence electrons. The van der Waals surface area contributed by atoms with Crippen molar-refractivity contribution < 1.29 is 14.1 Å². The van der Waals surface area contributed by atoms with Crippen molar-refractivity contribution >= 4 is 34.5 Å². The number of halogens is 1. The third-order valence-electron chi connectivity index (χ3n) is 4.19. The monoisotopic (exact) mass is 404 g/mol. The number of rotatable bonds is 5. The molecule has 3 heterocycles. The molecule has 1 amide bonds. The van der Waals surface area contributed by atoms with Gasteiger partial charge in [-0.25, -0.2) is 0 Å². The highest BCUT2D eigenvalue weighted by molar-refractivity contribution is 7.08. The van der Waals surface area contributed by atoms with E-state index >= 15 is 0 Å². The van der Waals surface area contributed by atoms with Crippen molar-refractivity contribution in [1.29, 1.82) is 0 Å². The van der Waals surface area contributed by atoms with Crippen molar-refractivity contribution in [2.75, 3.05) is 31.6 Å². The SMILES string of the molecule is O=C(c1ccc(NCc2nc(-c3ccsc3)no2)cc1Cl)N1CCOCC1. The minimum Gasteiger partial charge on any atom is -0.378 e. The molecule has 9 heteroatoms. The summed E-state index contributed by atoms with van der Waals surface area (Å²) in [7, 11) is 0. The number of hydrogen-bond acceptors (Lipinski definition) is 7. The predicted molar refractivity (Wildman–Crippen MR) is 103 cm³/mol. The van der Waals surface area contributed by atoms with E-state index in [1.165, 1.54) is 0 Å². The number of carbonyl (C=O) groups excluding carboxylic acids is 1. The van der Waals surface area contributed by atoms with Crippen LogP contribution >= 0.6 is 22.9 Å². The Labute approximate surface area is 164 Å². The van der Waals surface area contributed by atoms with Crippen molar-refractivity contribution in [2.24, 2.45) is 0 Å². The third-order valence-corrected chi connectivity index (χ3v) is 5.18. The number of anilines is 1. The van der Waals surface area contributed by atoms with E-state index in [4.69, 9.17) is 20.9 Å². The lowest BCUT2D eigenvalue weighted by Gasteiger charge is -2.27. The summed E-state index contributed by atoms with van der Waals surface area (Å²) in [6.07, 6.45) is 0. The number of nitrogens with zero attached hydrogens (tertiary/aromatic N) is 3. The standard InChI is InChI=1S/C18H17ClN4O3S/c19-15-9-13(1-2-14(15)18(24)23-4-6-25-7-5-23)20-10-16-21-17(22-26-16)12-3-8-27-11-12/h1-3,8-9,11,20H,4-7,10H2. The zero-order valence-electron chi connectivity index (χ0n) is 14.4. The predicted octanol–water partition coefficient (Wildman–Crippen LogP) is 3.54. The van der Waals surface area contributed by atoms with Crippen LogP contribution < -0.4 is 5.32 Å². The van der Waals surface area contributed by atoms with E-state index in [0.717, 1.165) is 11.3 Å². The summed E-state index contributed by atoms with van der Waals surface area (Å²) in [5.41, 5.74) is 2.19. The van der Waals surface area contributed by atoms with E-state index in [2.05, 4.69) is 15.5 Å². The molecule has 1 aliphatic rings. The number of amides is 1. The smallest absolute Gasteiger partial charge is 0.255 e. The van der Waals surface area contributed by atoms with E-state index in [1.54, 1.807) is 28.4 Å². The lowest BCUT2D eigenvalue weighted by molar-refractivity contribution is 0.0303. The van der Waals surface area contributed by atoms with Crippen LogP contribution in [0.15, 0.2) is 39.5 Å². The van der Waals surface area contributed by atoms with Gasteiger partial charge in [0, 0.05) is 29.7 Å². The van der Waals surface area contributed by atoms with Gasteiger partial charge >= 0.3 is 0 Å². The van der Waals surface area contributed by atoms with E-state index in [-0.39, 0.29) is 5.91 Å². The second kappa shape index (κ2) is 8.08. The first-order chi connectivity index (χ1) is 13.2. The Kier molecular flexibility index (Phi) is 5.38. The first kappa shape index (κ1) is 18.0. The highest BCUT2D eigenvalue weighted by Gasteiger charge is 2.20. The van der Waals surface area contributed by atoms with Gasteiger partial charge in [-0.2, -0.15) is 16.3 Å². The molecular weight excluding hydrogens is 388 g/mol. The second-order valence-corrected chi connectivity index (χ2v) is 7.16. The van der Waals surface area contributed by atoms with E-state index in [0.29, 0.717) is 55.1 Å². The Hall–Kier alpha value is -2.42. The zero-order valence-corrected chi connectivity index (χ0v) is 15.9. The van der Waals surface area contributed by atoms with E-state index in [9.17, 15) is 4.79 Å². The molecule has 0 unspecified atom stereocenters. The maximum Gasteiger partial charge on any atom is 0.255 e. The fourth-order valence-corrected chi connectivity index (χ4v) is 3.64. The van der Waals surface area contributed by atoms with Crippen LogP contribution in [-0.4, -0.2) is 47.3 Å². The Morgan fingerprint density at radius 3 is 2.89 bits per heavy atom. The Balaban J connectivity index is 1.40. The number of nitrogens with one attached hydrogen (secondary N) is 1. The summed E-state index contributed by atoms with van der Waals surface area (Å²) in [6.45, 7) is 2.64. The van der Waals surface area contributed by atoms with Crippen molar-refractivity contribution in [3.8, 4) is 11.4 Å². The quantitative estimate of drug-likeness (QED) is 0.700. The van der Waals surface area contributed by atoms with Crippen LogP contribution in [-0.2, 0) is 11.3 Å². The van der Waals surface area contributed by atoms with Crippen LogP contribution in [0.3, 0.4) is 0 Å². The van der Waals surface area contributed by atoms with Crippen LogP contribution in [0.2, 0.25) is 5.02 Å². The topological polar surface area (TPSA) is 80.5 Å². The molecule has 4 rings (SSSR count).